The number of nitrogens with two attached hydrogens (primary N) is 1. The number of hydrogen-bond acceptors (Lipinski definition) is 1. The lowest BCUT2D eigenvalue weighted by molar-refractivity contribution is 0.649. The fourth-order valence-electron chi connectivity index (χ4n) is 0.836. The fraction of sp³-hybridized carbons (Fsp3) is 0.429. The van der Waals surface area contributed by atoms with E-state index in [0.717, 1.165) is 6.42 Å². The van der Waals surface area contributed by atoms with Crippen LogP contribution in [0.25, 0.3) is 0 Å². The average molecular weight is 235 g/mol. The van der Waals surface area contributed by atoms with Gasteiger partial charge >= 0.3 is 0 Å². The molecule has 1 aliphatic carbocycles. The Kier molecular flexibility index (Phi) is 2.72. The Bertz CT molecular complexity index is 138. The minimum atomic E-state index is 0.267. The van der Waals surface area contributed by atoms with Gasteiger partial charge in [-0.1, -0.05) is 46.9 Å². The lowest BCUT2D eigenvalue weighted by Gasteiger charge is -2.14. The Morgan fingerprint density at radius 2 is 2.33 bits per heavy atom. The van der Waals surface area contributed by atoms with Crippen LogP contribution in [0.5, 0.6) is 0 Å². The molecule has 1 rings (SSSR count). The summed E-state index contributed by atoms with van der Waals surface area (Å²) < 4.78 is 0.267. The van der Waals surface area contributed by atoms with E-state index in [1.165, 1.54) is 0 Å². The van der Waals surface area contributed by atoms with Crippen molar-refractivity contribution in [2.24, 2.45) is 11.7 Å². The highest BCUT2D eigenvalue weighted by molar-refractivity contribution is 14.1. The van der Waals surface area contributed by atoms with Gasteiger partial charge < -0.3 is 5.73 Å². The molecule has 1 nitrogen and oxygen atoms in total. The SMILES string of the molecule is NC(I)C1C=CC=CC1. The molecule has 1 aliphatic rings. The average Bonchev–Trinajstić information content (AvgIpc) is 1.90. The van der Waals surface area contributed by atoms with Gasteiger partial charge in [0.05, 0.1) is 4.05 Å². The van der Waals surface area contributed by atoms with Crippen molar-refractivity contribution in [2.75, 3.05) is 0 Å². The molecular weight excluding hydrogens is 225 g/mol. The van der Waals surface area contributed by atoms with Crippen LogP contribution in [0.15, 0.2) is 24.3 Å². The molecule has 0 amide bonds. The smallest absolute Gasteiger partial charge is 0.0635 e. The first-order valence-electron chi connectivity index (χ1n) is 3.03. The summed E-state index contributed by atoms with van der Waals surface area (Å²) in [6.07, 6.45) is 9.54. The van der Waals surface area contributed by atoms with E-state index >= 15 is 0 Å². The number of hydrogen-bond donors (Lipinski definition) is 1. The normalized spacial score (nSPS) is 28.4. The van der Waals surface area contributed by atoms with Crippen LogP contribution in [0.1, 0.15) is 6.42 Å². The van der Waals surface area contributed by atoms with Crippen molar-refractivity contribution in [1.29, 1.82) is 0 Å². The molecule has 0 heterocycles. The highest BCUT2D eigenvalue weighted by atomic mass is 127. The van der Waals surface area contributed by atoms with Gasteiger partial charge in [-0.15, -0.1) is 0 Å². The molecule has 2 unspecified atom stereocenters. The highest BCUT2D eigenvalue weighted by Gasteiger charge is 2.10. The van der Waals surface area contributed by atoms with E-state index in [1.807, 2.05) is 0 Å². The van der Waals surface area contributed by atoms with Gasteiger partial charge in [0.1, 0.15) is 0 Å². The van der Waals surface area contributed by atoms with E-state index in [1.54, 1.807) is 0 Å². The topological polar surface area (TPSA) is 26.0 Å². The molecule has 2 heteroatoms. The summed E-state index contributed by atoms with van der Waals surface area (Å²) in [6, 6.07) is 0. The van der Waals surface area contributed by atoms with Crippen molar-refractivity contribution in [3.63, 3.8) is 0 Å². The summed E-state index contributed by atoms with van der Waals surface area (Å²) in [5, 5.41) is 0. The highest BCUT2D eigenvalue weighted by Crippen LogP contribution is 2.17. The molecule has 0 radical (unpaired) electrons. The summed E-state index contributed by atoms with van der Waals surface area (Å²) in [7, 11) is 0. The van der Waals surface area contributed by atoms with Gasteiger partial charge in [0.15, 0.2) is 0 Å². The standard InChI is InChI=1S/C7H10IN/c8-7(9)6-4-2-1-3-5-6/h1-4,6-7H,5,9H2. The zero-order valence-electron chi connectivity index (χ0n) is 5.13. The molecule has 0 aromatic carbocycles. The Labute approximate surface area is 69.1 Å². The second kappa shape index (κ2) is 3.37. The van der Waals surface area contributed by atoms with E-state index < -0.39 is 0 Å². The third-order valence-corrected chi connectivity index (χ3v) is 2.35. The van der Waals surface area contributed by atoms with Crippen LogP contribution < -0.4 is 5.73 Å². The molecule has 2 N–H and O–H groups in total. The van der Waals surface area contributed by atoms with Gasteiger partial charge in [0.25, 0.3) is 0 Å². The van der Waals surface area contributed by atoms with Crippen LogP contribution >= 0.6 is 22.6 Å². The summed E-state index contributed by atoms with van der Waals surface area (Å²) in [5.74, 6) is 0.551. The van der Waals surface area contributed by atoms with Crippen LogP contribution in [-0.2, 0) is 0 Å². The maximum absolute atomic E-state index is 5.67. The van der Waals surface area contributed by atoms with E-state index in [0.29, 0.717) is 5.92 Å². The van der Waals surface area contributed by atoms with Crippen molar-refractivity contribution >= 4 is 22.6 Å². The molecule has 0 aromatic heterocycles. The Hall–Kier alpha value is 0.170. The zero-order chi connectivity index (χ0) is 6.69. The van der Waals surface area contributed by atoms with Crippen LogP contribution in [-0.4, -0.2) is 4.05 Å². The van der Waals surface area contributed by atoms with Crippen LogP contribution in [0.2, 0.25) is 0 Å². The van der Waals surface area contributed by atoms with Crippen molar-refractivity contribution < 1.29 is 0 Å². The minimum absolute atomic E-state index is 0.267. The predicted molar refractivity (Wildman–Crippen MR) is 48.4 cm³/mol. The number of allylic oxidation sites excluding steroid dienone is 3. The third-order valence-electron chi connectivity index (χ3n) is 1.42. The van der Waals surface area contributed by atoms with Gasteiger partial charge in [0.2, 0.25) is 0 Å². The second-order valence-electron chi connectivity index (χ2n) is 2.16. The van der Waals surface area contributed by atoms with E-state index in [9.17, 15) is 0 Å². The number of alkyl halides is 1. The van der Waals surface area contributed by atoms with Crippen molar-refractivity contribution in [1.82, 2.24) is 0 Å². The molecule has 50 valence electrons. The molecule has 0 fully saturated rings. The molecule has 0 spiro atoms. The van der Waals surface area contributed by atoms with Crippen LogP contribution in [0.3, 0.4) is 0 Å². The molecule has 0 saturated carbocycles. The van der Waals surface area contributed by atoms with E-state index in [2.05, 4.69) is 46.9 Å². The monoisotopic (exact) mass is 235 g/mol. The quantitative estimate of drug-likeness (QED) is 0.419. The fourth-order valence-corrected chi connectivity index (χ4v) is 1.37. The lowest BCUT2D eigenvalue weighted by atomic mass is 10.0. The molecule has 0 aliphatic heterocycles. The van der Waals surface area contributed by atoms with E-state index in [-0.39, 0.29) is 4.05 Å². The maximum Gasteiger partial charge on any atom is 0.0635 e. The largest absolute Gasteiger partial charge is 0.319 e. The van der Waals surface area contributed by atoms with Gasteiger partial charge in [0, 0.05) is 5.92 Å². The zero-order valence-corrected chi connectivity index (χ0v) is 7.28. The van der Waals surface area contributed by atoms with Gasteiger partial charge in [-0.2, -0.15) is 0 Å². The molecule has 9 heavy (non-hydrogen) atoms. The summed E-state index contributed by atoms with van der Waals surface area (Å²) >= 11 is 2.25. The minimum Gasteiger partial charge on any atom is -0.319 e. The summed E-state index contributed by atoms with van der Waals surface area (Å²) in [6.45, 7) is 0. The summed E-state index contributed by atoms with van der Waals surface area (Å²) in [5.41, 5.74) is 5.67. The van der Waals surface area contributed by atoms with E-state index in [4.69, 9.17) is 5.73 Å². The molecule has 0 saturated heterocycles. The third kappa shape index (κ3) is 2.10. The van der Waals surface area contributed by atoms with Crippen molar-refractivity contribution in [3.05, 3.63) is 24.3 Å². The van der Waals surface area contributed by atoms with Gasteiger partial charge in [-0.25, -0.2) is 0 Å². The first-order chi connectivity index (χ1) is 4.30. The number of halogens is 1. The molecule has 2 atom stereocenters. The van der Waals surface area contributed by atoms with Gasteiger partial charge in [-0.05, 0) is 6.42 Å². The van der Waals surface area contributed by atoms with Crippen molar-refractivity contribution in [2.45, 2.75) is 10.5 Å². The summed E-state index contributed by atoms with van der Waals surface area (Å²) in [4.78, 5) is 0. The Balaban J connectivity index is 2.46. The van der Waals surface area contributed by atoms with Crippen LogP contribution in [0, 0.1) is 5.92 Å². The van der Waals surface area contributed by atoms with Crippen molar-refractivity contribution in [3.8, 4) is 0 Å². The predicted octanol–water partition coefficient (Wildman–Crippen LogP) is 1.84. The molecule has 0 aromatic rings. The number of rotatable bonds is 1. The molecule has 0 bridgehead atoms. The Morgan fingerprint density at radius 3 is 2.67 bits per heavy atom. The Morgan fingerprint density at radius 1 is 1.56 bits per heavy atom. The first kappa shape index (κ1) is 7.28. The molecular formula is C7H10IN. The van der Waals surface area contributed by atoms with Gasteiger partial charge in [-0.3, -0.25) is 0 Å². The second-order valence-corrected chi connectivity index (χ2v) is 3.60. The lowest BCUT2D eigenvalue weighted by Crippen LogP contribution is -2.21. The maximum atomic E-state index is 5.67. The van der Waals surface area contributed by atoms with Crippen LogP contribution in [0.4, 0.5) is 0 Å². The first-order valence-corrected chi connectivity index (χ1v) is 4.28.